The highest BCUT2D eigenvalue weighted by molar-refractivity contribution is 5.95. The topological polar surface area (TPSA) is 92.0 Å². The molecule has 0 aliphatic carbocycles. The Balaban J connectivity index is 2.11. The number of anilines is 1. The van der Waals surface area contributed by atoms with Gasteiger partial charge in [0.15, 0.2) is 0 Å². The Morgan fingerprint density at radius 1 is 1.08 bits per heavy atom. The van der Waals surface area contributed by atoms with Crippen molar-refractivity contribution in [3.8, 4) is 12.1 Å². The molecule has 2 N–H and O–H groups in total. The van der Waals surface area contributed by atoms with Crippen molar-refractivity contribution in [3.05, 3.63) is 65.0 Å². The zero-order valence-corrected chi connectivity index (χ0v) is 12.7. The molecule has 1 heterocycles. The van der Waals surface area contributed by atoms with Gasteiger partial charge in [0, 0.05) is 5.69 Å². The summed E-state index contributed by atoms with van der Waals surface area (Å²) in [7, 11) is 0. The lowest BCUT2D eigenvalue weighted by Gasteiger charge is -2.33. The summed E-state index contributed by atoms with van der Waals surface area (Å²) in [6.45, 7) is 1.75. The molecule has 3 rings (SSSR count). The summed E-state index contributed by atoms with van der Waals surface area (Å²) in [5.74, 6) is -0.404. The lowest BCUT2D eigenvalue weighted by atomic mass is 9.95. The minimum absolute atomic E-state index is 0.219. The van der Waals surface area contributed by atoms with Crippen molar-refractivity contribution in [1.82, 2.24) is 10.9 Å². The van der Waals surface area contributed by atoms with Crippen molar-refractivity contribution >= 4 is 11.7 Å². The van der Waals surface area contributed by atoms with E-state index in [1.165, 1.54) is 35.2 Å². The molecular weight excluding hydrogens is 309 g/mol. The third-order valence-corrected chi connectivity index (χ3v) is 3.97. The fourth-order valence-electron chi connectivity index (χ4n) is 2.69. The van der Waals surface area contributed by atoms with E-state index in [-0.39, 0.29) is 11.1 Å². The Morgan fingerprint density at radius 2 is 1.75 bits per heavy atom. The molecule has 1 unspecified atom stereocenters. The van der Waals surface area contributed by atoms with Crippen LogP contribution in [0.3, 0.4) is 0 Å². The van der Waals surface area contributed by atoms with Crippen LogP contribution < -0.4 is 15.8 Å². The van der Waals surface area contributed by atoms with Gasteiger partial charge in [-0.15, -0.1) is 0 Å². The van der Waals surface area contributed by atoms with Gasteiger partial charge < -0.3 is 0 Å². The summed E-state index contributed by atoms with van der Waals surface area (Å²) >= 11 is 0. The van der Waals surface area contributed by atoms with E-state index >= 15 is 0 Å². The first-order chi connectivity index (χ1) is 11.5. The number of halogens is 1. The second kappa shape index (κ2) is 5.65. The van der Waals surface area contributed by atoms with Crippen LogP contribution in [0.4, 0.5) is 14.9 Å². The van der Waals surface area contributed by atoms with E-state index in [9.17, 15) is 14.4 Å². The highest BCUT2D eigenvalue weighted by Crippen LogP contribution is 2.34. The fourth-order valence-corrected chi connectivity index (χ4v) is 2.69. The number of hydrogen-bond acceptors (Lipinski definition) is 4. The van der Waals surface area contributed by atoms with E-state index in [2.05, 4.69) is 10.9 Å². The SMILES string of the molecule is CC1(c2ccc(C#N)c(C#N)c2)NNC(=O)N1c1ccc(F)cc1. The van der Waals surface area contributed by atoms with Crippen LogP contribution in [0.25, 0.3) is 0 Å². The number of amides is 2. The van der Waals surface area contributed by atoms with Crippen molar-refractivity contribution < 1.29 is 9.18 Å². The normalized spacial score (nSPS) is 19.5. The van der Waals surface area contributed by atoms with E-state index in [0.717, 1.165) is 0 Å². The van der Waals surface area contributed by atoms with Gasteiger partial charge in [-0.05, 0) is 48.9 Å². The first kappa shape index (κ1) is 15.5. The van der Waals surface area contributed by atoms with Crippen LogP contribution in [0.5, 0.6) is 0 Å². The van der Waals surface area contributed by atoms with Crippen LogP contribution in [-0.2, 0) is 5.66 Å². The molecule has 0 spiro atoms. The van der Waals surface area contributed by atoms with Crippen LogP contribution in [0, 0.1) is 28.5 Å². The molecule has 1 fully saturated rings. The molecule has 24 heavy (non-hydrogen) atoms. The van der Waals surface area contributed by atoms with Gasteiger partial charge >= 0.3 is 6.03 Å². The van der Waals surface area contributed by atoms with Gasteiger partial charge in [0.25, 0.3) is 0 Å². The maximum absolute atomic E-state index is 13.2. The minimum atomic E-state index is -1.01. The molecule has 2 amide bonds. The molecule has 1 saturated heterocycles. The number of rotatable bonds is 2. The van der Waals surface area contributed by atoms with Gasteiger partial charge in [-0.3, -0.25) is 10.3 Å². The van der Waals surface area contributed by atoms with E-state index in [4.69, 9.17) is 5.26 Å². The largest absolute Gasteiger partial charge is 0.338 e. The Hall–Kier alpha value is -3.42. The maximum Gasteiger partial charge on any atom is 0.338 e. The number of hydrazine groups is 1. The predicted molar refractivity (Wildman–Crippen MR) is 83.8 cm³/mol. The van der Waals surface area contributed by atoms with Crippen molar-refractivity contribution in [1.29, 1.82) is 10.5 Å². The monoisotopic (exact) mass is 321 g/mol. The number of urea groups is 1. The zero-order valence-electron chi connectivity index (χ0n) is 12.7. The van der Waals surface area contributed by atoms with E-state index in [0.29, 0.717) is 11.3 Å². The second-order valence-electron chi connectivity index (χ2n) is 5.42. The average Bonchev–Trinajstić information content (AvgIpc) is 2.91. The smallest absolute Gasteiger partial charge is 0.270 e. The zero-order chi connectivity index (χ0) is 17.3. The summed E-state index contributed by atoms with van der Waals surface area (Å²) in [4.78, 5) is 13.7. The summed E-state index contributed by atoms with van der Waals surface area (Å²) in [6, 6.07) is 13.8. The summed E-state index contributed by atoms with van der Waals surface area (Å²) in [5, 5.41) is 18.2. The number of carbonyl (C=O) groups excluding carboxylic acids is 1. The number of hydrogen-bond donors (Lipinski definition) is 2. The molecule has 1 atom stereocenters. The van der Waals surface area contributed by atoms with Crippen molar-refractivity contribution in [2.45, 2.75) is 12.6 Å². The number of benzene rings is 2. The molecule has 2 aromatic carbocycles. The second-order valence-corrected chi connectivity index (χ2v) is 5.42. The Bertz CT molecular complexity index is 897. The summed E-state index contributed by atoms with van der Waals surface area (Å²) < 4.78 is 13.2. The Morgan fingerprint density at radius 3 is 2.38 bits per heavy atom. The van der Waals surface area contributed by atoms with Crippen molar-refractivity contribution in [2.24, 2.45) is 0 Å². The predicted octanol–water partition coefficient (Wildman–Crippen LogP) is 2.48. The lowest BCUT2D eigenvalue weighted by molar-refractivity contribution is 0.250. The summed E-state index contributed by atoms with van der Waals surface area (Å²) in [5.41, 5.74) is 6.00. The third kappa shape index (κ3) is 2.34. The molecule has 1 aliphatic rings. The third-order valence-electron chi connectivity index (χ3n) is 3.97. The number of nitrogens with one attached hydrogen (secondary N) is 2. The van der Waals surface area contributed by atoms with Crippen molar-refractivity contribution in [2.75, 3.05) is 4.90 Å². The average molecular weight is 321 g/mol. The molecule has 0 saturated carbocycles. The quantitative estimate of drug-likeness (QED) is 0.889. The fraction of sp³-hybridized carbons (Fsp3) is 0.118. The number of nitrogens with zero attached hydrogens (tertiary/aromatic N) is 3. The van der Waals surface area contributed by atoms with Gasteiger partial charge in [-0.2, -0.15) is 10.5 Å². The molecule has 0 aromatic heterocycles. The van der Waals surface area contributed by atoms with E-state index in [1.54, 1.807) is 19.1 Å². The molecule has 6 nitrogen and oxygen atoms in total. The molecule has 7 heteroatoms. The molecule has 2 aromatic rings. The summed E-state index contributed by atoms with van der Waals surface area (Å²) in [6.07, 6.45) is 0. The van der Waals surface area contributed by atoms with E-state index < -0.39 is 17.5 Å². The number of carbonyl (C=O) groups is 1. The van der Waals surface area contributed by atoms with Crippen LogP contribution in [0.2, 0.25) is 0 Å². The Kier molecular flexibility index (Phi) is 3.64. The van der Waals surface area contributed by atoms with Gasteiger partial charge in [0.05, 0.1) is 11.1 Å². The van der Waals surface area contributed by atoms with Crippen LogP contribution in [0.1, 0.15) is 23.6 Å². The lowest BCUT2D eigenvalue weighted by Crippen LogP contribution is -2.47. The van der Waals surface area contributed by atoms with Gasteiger partial charge in [0.2, 0.25) is 0 Å². The molecule has 118 valence electrons. The number of nitriles is 2. The van der Waals surface area contributed by atoms with Crippen LogP contribution in [-0.4, -0.2) is 6.03 Å². The van der Waals surface area contributed by atoms with E-state index in [1.807, 2.05) is 12.1 Å². The maximum atomic E-state index is 13.2. The standard InChI is InChI=1S/C17H12FN5O/c1-17(13-3-2-11(9-19)12(8-13)10-20)22-21-16(24)23(17)15-6-4-14(18)5-7-15/h2-8,22H,1H3,(H,21,24). The highest BCUT2D eigenvalue weighted by Gasteiger charge is 2.44. The van der Waals surface area contributed by atoms with Gasteiger partial charge in [0.1, 0.15) is 23.6 Å². The molecule has 0 radical (unpaired) electrons. The van der Waals surface area contributed by atoms with Crippen molar-refractivity contribution in [3.63, 3.8) is 0 Å². The minimum Gasteiger partial charge on any atom is -0.270 e. The highest BCUT2D eigenvalue weighted by atomic mass is 19.1. The van der Waals surface area contributed by atoms with Gasteiger partial charge in [-0.1, -0.05) is 6.07 Å². The van der Waals surface area contributed by atoms with Crippen LogP contribution >= 0.6 is 0 Å². The van der Waals surface area contributed by atoms with Crippen LogP contribution in [0.15, 0.2) is 42.5 Å². The molecule has 1 aliphatic heterocycles. The Labute approximate surface area is 137 Å². The first-order valence-corrected chi connectivity index (χ1v) is 7.07. The molecule has 0 bridgehead atoms. The van der Waals surface area contributed by atoms with Gasteiger partial charge in [-0.25, -0.2) is 14.6 Å². The first-order valence-electron chi connectivity index (χ1n) is 7.07. The molecular formula is C17H12FN5O.